The van der Waals surface area contributed by atoms with Gasteiger partial charge in [0.2, 0.25) is 0 Å². The van der Waals surface area contributed by atoms with Gasteiger partial charge in [-0.3, -0.25) is 0 Å². The molecule has 2 rings (SSSR count). The van der Waals surface area contributed by atoms with Crippen molar-refractivity contribution in [1.82, 2.24) is 4.57 Å². The molecule has 4 heteroatoms. The van der Waals surface area contributed by atoms with Gasteiger partial charge in [0, 0.05) is 16.3 Å². The normalized spacial score (nSPS) is 10.4. The number of carbonyl (C=O) groups is 1. The van der Waals surface area contributed by atoms with Gasteiger partial charge >= 0.3 is 5.97 Å². The maximum absolute atomic E-state index is 11.0. The fourth-order valence-corrected chi connectivity index (χ4v) is 2.36. The van der Waals surface area contributed by atoms with Crippen LogP contribution in [0.4, 0.5) is 0 Å². The molecule has 0 fully saturated rings. The molecule has 1 aromatic carbocycles. The van der Waals surface area contributed by atoms with E-state index in [1.807, 2.05) is 24.4 Å². The van der Waals surface area contributed by atoms with Gasteiger partial charge in [-0.25, -0.2) is 4.79 Å². The molecule has 1 N–H and O–H groups in total. The molecule has 0 amide bonds. The average molecular weight is 341 g/mol. The molecule has 0 aliphatic heterocycles. The van der Waals surface area contributed by atoms with E-state index < -0.39 is 5.97 Å². The van der Waals surface area contributed by atoms with Crippen LogP contribution in [0.1, 0.15) is 16.1 Å². The topological polar surface area (TPSA) is 42.2 Å². The number of carboxylic acid groups (broad SMARTS) is 1. The molecular weight excluding hydrogens is 329 g/mol. The van der Waals surface area contributed by atoms with Gasteiger partial charge in [-0.2, -0.15) is 0 Å². The number of nitrogens with zero attached hydrogens (tertiary/aromatic N) is 1. The quantitative estimate of drug-likeness (QED) is 0.869. The maximum Gasteiger partial charge on any atom is 0.352 e. The predicted octanol–water partition coefficient (Wildman–Crippen LogP) is 3.03. The molecule has 3 nitrogen and oxygen atoms in total. The number of rotatable bonds is 4. The summed E-state index contributed by atoms with van der Waals surface area (Å²) in [7, 11) is 0. The third-order valence-electron chi connectivity index (χ3n) is 2.57. The second-order valence-corrected chi connectivity index (χ2v) is 5.02. The minimum atomic E-state index is -0.874. The summed E-state index contributed by atoms with van der Waals surface area (Å²) in [5.74, 6) is -0.874. The lowest BCUT2D eigenvalue weighted by Crippen LogP contribution is -2.09. The van der Waals surface area contributed by atoms with Gasteiger partial charge in [-0.05, 0) is 40.6 Å². The van der Waals surface area contributed by atoms with Crippen molar-refractivity contribution < 1.29 is 9.90 Å². The lowest BCUT2D eigenvalue weighted by molar-refractivity contribution is 0.0685. The smallest absolute Gasteiger partial charge is 0.352 e. The molecule has 0 bridgehead atoms. The van der Waals surface area contributed by atoms with Crippen LogP contribution in [0.25, 0.3) is 0 Å². The van der Waals surface area contributed by atoms with Gasteiger partial charge < -0.3 is 9.67 Å². The molecule has 0 unspecified atom stereocenters. The number of carboxylic acids is 1. The summed E-state index contributed by atoms with van der Waals surface area (Å²) in [6.07, 6.45) is 2.71. The summed E-state index contributed by atoms with van der Waals surface area (Å²) in [6.45, 7) is 0.689. The van der Waals surface area contributed by atoms with Gasteiger partial charge in [-0.15, -0.1) is 0 Å². The number of aromatic nitrogens is 1. The van der Waals surface area contributed by atoms with Crippen LogP contribution in [-0.2, 0) is 13.0 Å². The first-order chi connectivity index (χ1) is 8.16. The molecule has 0 aliphatic rings. The lowest BCUT2D eigenvalue weighted by Gasteiger charge is -2.06. The number of hydrogen-bond acceptors (Lipinski definition) is 1. The second kappa shape index (κ2) is 5.35. The minimum absolute atomic E-state index is 0.352. The molecule has 0 aliphatic carbocycles. The zero-order chi connectivity index (χ0) is 12.3. The molecule has 0 saturated heterocycles. The number of benzene rings is 1. The maximum atomic E-state index is 11.0. The zero-order valence-corrected chi connectivity index (χ0v) is 11.3. The SMILES string of the molecule is O=C(O)c1cc(I)cn1CCc1ccccc1. The van der Waals surface area contributed by atoms with Crippen molar-refractivity contribution in [2.45, 2.75) is 13.0 Å². The van der Waals surface area contributed by atoms with Crippen molar-refractivity contribution >= 4 is 28.6 Å². The third kappa shape index (κ3) is 3.09. The zero-order valence-electron chi connectivity index (χ0n) is 9.14. The second-order valence-electron chi connectivity index (χ2n) is 3.78. The van der Waals surface area contributed by atoms with Crippen molar-refractivity contribution in [1.29, 1.82) is 0 Å². The van der Waals surface area contributed by atoms with E-state index in [-0.39, 0.29) is 0 Å². The first-order valence-electron chi connectivity index (χ1n) is 5.30. The van der Waals surface area contributed by atoms with E-state index in [1.165, 1.54) is 5.56 Å². The van der Waals surface area contributed by atoms with Gasteiger partial charge in [0.1, 0.15) is 5.69 Å². The summed E-state index contributed by atoms with van der Waals surface area (Å²) < 4.78 is 2.74. The Balaban J connectivity index is 2.11. The summed E-state index contributed by atoms with van der Waals surface area (Å²) in [4.78, 5) is 11.0. The van der Waals surface area contributed by atoms with E-state index in [0.717, 1.165) is 9.99 Å². The third-order valence-corrected chi connectivity index (χ3v) is 3.16. The van der Waals surface area contributed by atoms with E-state index in [2.05, 4.69) is 34.7 Å². The van der Waals surface area contributed by atoms with Crippen LogP contribution in [0, 0.1) is 3.57 Å². The Morgan fingerprint density at radius 2 is 2.00 bits per heavy atom. The molecule has 2 aromatic rings. The van der Waals surface area contributed by atoms with Gasteiger partial charge in [0.15, 0.2) is 0 Å². The van der Waals surface area contributed by atoms with Gasteiger partial charge in [0.25, 0.3) is 0 Å². The Morgan fingerprint density at radius 3 is 2.65 bits per heavy atom. The predicted molar refractivity (Wildman–Crippen MR) is 74.3 cm³/mol. The van der Waals surface area contributed by atoms with Crippen LogP contribution in [0.2, 0.25) is 0 Å². The highest BCUT2D eigenvalue weighted by atomic mass is 127. The Hall–Kier alpha value is -1.30. The Kier molecular flexibility index (Phi) is 3.83. The van der Waals surface area contributed by atoms with E-state index in [9.17, 15) is 4.79 Å². The highest BCUT2D eigenvalue weighted by Crippen LogP contribution is 2.12. The van der Waals surface area contributed by atoms with E-state index in [4.69, 9.17) is 5.11 Å². The van der Waals surface area contributed by atoms with Crippen molar-refractivity contribution in [2.75, 3.05) is 0 Å². The van der Waals surface area contributed by atoms with E-state index in [1.54, 1.807) is 10.6 Å². The first-order valence-corrected chi connectivity index (χ1v) is 6.37. The molecule has 0 radical (unpaired) electrons. The molecule has 0 atom stereocenters. The van der Waals surface area contributed by atoms with Crippen molar-refractivity contribution in [3.05, 3.63) is 57.4 Å². The highest BCUT2D eigenvalue weighted by Gasteiger charge is 2.10. The van der Waals surface area contributed by atoms with Gasteiger partial charge in [-0.1, -0.05) is 30.3 Å². The summed E-state index contributed by atoms with van der Waals surface area (Å²) in [5.41, 5.74) is 1.57. The van der Waals surface area contributed by atoms with Crippen molar-refractivity contribution in [2.24, 2.45) is 0 Å². The Bertz CT molecular complexity index is 519. The molecule has 1 aromatic heterocycles. The number of hydrogen-bond donors (Lipinski definition) is 1. The molecular formula is C13H12INO2. The monoisotopic (exact) mass is 341 g/mol. The fraction of sp³-hybridized carbons (Fsp3) is 0.154. The van der Waals surface area contributed by atoms with Crippen LogP contribution in [0.5, 0.6) is 0 Å². The number of aryl methyl sites for hydroxylation is 2. The molecule has 1 heterocycles. The van der Waals surface area contributed by atoms with Gasteiger partial charge in [0.05, 0.1) is 0 Å². The van der Waals surface area contributed by atoms with Crippen LogP contribution in [0.15, 0.2) is 42.6 Å². The van der Waals surface area contributed by atoms with Crippen LogP contribution < -0.4 is 0 Å². The summed E-state index contributed by atoms with van der Waals surface area (Å²) in [5, 5.41) is 9.05. The molecule has 0 saturated carbocycles. The van der Waals surface area contributed by atoms with Crippen molar-refractivity contribution in [3.63, 3.8) is 0 Å². The summed E-state index contributed by atoms with van der Waals surface area (Å²) in [6, 6.07) is 11.8. The molecule has 88 valence electrons. The minimum Gasteiger partial charge on any atom is -0.477 e. The number of halogens is 1. The summed E-state index contributed by atoms with van der Waals surface area (Å²) >= 11 is 2.13. The van der Waals surface area contributed by atoms with E-state index >= 15 is 0 Å². The number of aromatic carboxylic acids is 1. The molecule has 17 heavy (non-hydrogen) atoms. The largest absolute Gasteiger partial charge is 0.477 e. The first kappa shape index (κ1) is 12.2. The standard InChI is InChI=1S/C13H12INO2/c14-11-8-12(13(16)17)15(9-11)7-6-10-4-2-1-3-5-10/h1-5,8-9H,6-7H2,(H,16,17). The van der Waals surface area contributed by atoms with Crippen LogP contribution >= 0.6 is 22.6 Å². The molecule has 0 spiro atoms. The Labute approximate surface area is 113 Å². The van der Waals surface area contributed by atoms with Crippen LogP contribution in [-0.4, -0.2) is 15.6 Å². The average Bonchev–Trinajstić information content (AvgIpc) is 2.69. The van der Waals surface area contributed by atoms with E-state index in [0.29, 0.717) is 12.2 Å². The Morgan fingerprint density at radius 1 is 1.29 bits per heavy atom. The fourth-order valence-electron chi connectivity index (χ4n) is 1.73. The lowest BCUT2D eigenvalue weighted by atomic mass is 10.1. The highest BCUT2D eigenvalue weighted by molar-refractivity contribution is 14.1. The van der Waals surface area contributed by atoms with Crippen LogP contribution in [0.3, 0.4) is 0 Å². The van der Waals surface area contributed by atoms with Crippen molar-refractivity contribution in [3.8, 4) is 0 Å².